The molecule has 1 aliphatic heterocycles. The number of nitrogens with two attached hydrogens (primary N) is 1. The number of carbonyl (C=O) groups excluding carboxylic acids is 1. The van der Waals surface area contributed by atoms with E-state index in [1.54, 1.807) is 23.4 Å². The summed E-state index contributed by atoms with van der Waals surface area (Å²) in [4.78, 5) is 11.6. The Bertz CT molecular complexity index is 673. The molecule has 136 valence electrons. The number of benzene rings is 1. The molecule has 1 aliphatic rings. The summed E-state index contributed by atoms with van der Waals surface area (Å²) in [6, 6.07) is 4.59. The van der Waals surface area contributed by atoms with Gasteiger partial charge >= 0.3 is 0 Å². The first-order valence-corrected chi connectivity index (χ1v) is 9.45. The molecule has 2 rings (SSSR count). The third-order valence-electron chi connectivity index (χ3n) is 4.24. The van der Waals surface area contributed by atoms with E-state index in [4.69, 9.17) is 5.73 Å². The maximum atomic E-state index is 13.1. The van der Waals surface area contributed by atoms with E-state index >= 15 is 0 Å². The van der Waals surface area contributed by atoms with Crippen LogP contribution in [0.4, 0.5) is 0 Å². The number of nitrogens with zero attached hydrogens (tertiary/aromatic N) is 1. The van der Waals surface area contributed by atoms with Crippen LogP contribution < -0.4 is 11.1 Å². The molecule has 0 atom stereocenters. The molecule has 6 nitrogen and oxygen atoms in total. The highest BCUT2D eigenvalue weighted by molar-refractivity contribution is 7.89. The number of sulfonamides is 1. The predicted octanol–water partition coefficient (Wildman–Crippen LogP) is 1.67. The third-order valence-corrected chi connectivity index (χ3v) is 6.19. The highest BCUT2D eigenvalue weighted by Crippen LogP contribution is 2.24. The predicted molar refractivity (Wildman–Crippen MR) is 97.0 cm³/mol. The molecule has 24 heavy (non-hydrogen) atoms. The molecule has 1 amide bonds. The zero-order valence-electron chi connectivity index (χ0n) is 14.1. The summed E-state index contributed by atoms with van der Waals surface area (Å²) in [6.45, 7) is 5.83. The second-order valence-electron chi connectivity index (χ2n) is 5.94. The van der Waals surface area contributed by atoms with Crippen molar-refractivity contribution in [2.75, 3.05) is 19.6 Å². The molecular weight excluding hydrogens is 350 g/mol. The SMILES string of the molecule is CCCN(C1CCNCC1)S(=O)(=O)c1ccc(C)c(C(N)=O)c1.Cl. The van der Waals surface area contributed by atoms with Gasteiger partial charge in [-0.2, -0.15) is 4.31 Å². The van der Waals surface area contributed by atoms with E-state index in [0.29, 0.717) is 12.1 Å². The molecule has 3 N–H and O–H groups in total. The van der Waals surface area contributed by atoms with Crippen LogP contribution in [0.25, 0.3) is 0 Å². The van der Waals surface area contributed by atoms with Crippen molar-refractivity contribution in [3.05, 3.63) is 29.3 Å². The molecule has 1 aromatic rings. The van der Waals surface area contributed by atoms with Crippen LogP contribution in [-0.2, 0) is 10.0 Å². The number of piperidine rings is 1. The van der Waals surface area contributed by atoms with Crippen molar-refractivity contribution in [3.8, 4) is 0 Å². The van der Waals surface area contributed by atoms with Crippen molar-refractivity contribution < 1.29 is 13.2 Å². The molecule has 0 aliphatic carbocycles. The fourth-order valence-corrected chi connectivity index (χ4v) is 4.78. The second kappa shape index (κ2) is 8.80. The Hall–Kier alpha value is -1.15. The van der Waals surface area contributed by atoms with Crippen LogP contribution in [0.15, 0.2) is 23.1 Å². The van der Waals surface area contributed by atoms with Gasteiger partial charge in [0, 0.05) is 18.2 Å². The number of aryl methyl sites for hydroxylation is 1. The van der Waals surface area contributed by atoms with Gasteiger partial charge in [-0.1, -0.05) is 13.0 Å². The summed E-state index contributed by atoms with van der Waals surface area (Å²) in [6.07, 6.45) is 2.35. The van der Waals surface area contributed by atoms with Crippen LogP contribution in [0.1, 0.15) is 42.1 Å². The Morgan fingerprint density at radius 3 is 2.50 bits per heavy atom. The molecule has 1 aromatic carbocycles. The molecule has 1 fully saturated rings. The number of carbonyl (C=O) groups is 1. The molecule has 0 saturated carbocycles. The monoisotopic (exact) mass is 375 g/mol. The standard InChI is InChI=1S/C16H25N3O3S.ClH/c1-3-10-19(13-6-8-18-9-7-13)23(21,22)14-5-4-12(2)15(11-14)16(17)20;/h4-5,11,13,18H,3,6-10H2,1-2H3,(H2,17,20);1H. The Morgan fingerprint density at radius 1 is 1.33 bits per heavy atom. The largest absolute Gasteiger partial charge is 0.366 e. The number of halogens is 1. The van der Waals surface area contributed by atoms with Gasteiger partial charge in [0.05, 0.1) is 4.90 Å². The van der Waals surface area contributed by atoms with E-state index in [0.717, 1.165) is 32.4 Å². The lowest BCUT2D eigenvalue weighted by Gasteiger charge is -2.33. The van der Waals surface area contributed by atoms with Gasteiger partial charge in [0.1, 0.15) is 0 Å². The van der Waals surface area contributed by atoms with Gasteiger partial charge in [-0.05, 0) is 57.0 Å². The van der Waals surface area contributed by atoms with Crippen LogP contribution in [0, 0.1) is 6.92 Å². The summed E-state index contributed by atoms with van der Waals surface area (Å²) in [5.41, 5.74) is 6.29. The van der Waals surface area contributed by atoms with Gasteiger partial charge < -0.3 is 11.1 Å². The fourth-order valence-electron chi connectivity index (χ4n) is 2.98. The van der Waals surface area contributed by atoms with E-state index in [1.807, 2.05) is 6.92 Å². The quantitative estimate of drug-likeness (QED) is 0.790. The number of hydrogen-bond acceptors (Lipinski definition) is 4. The van der Waals surface area contributed by atoms with E-state index < -0.39 is 15.9 Å². The summed E-state index contributed by atoms with van der Waals surface area (Å²) in [7, 11) is -3.64. The molecule has 0 bridgehead atoms. The Balaban J connectivity index is 0.00000288. The average molecular weight is 376 g/mol. The lowest BCUT2D eigenvalue weighted by atomic mass is 10.1. The molecule has 0 spiro atoms. The van der Waals surface area contributed by atoms with E-state index in [1.165, 1.54) is 6.07 Å². The van der Waals surface area contributed by atoms with E-state index in [2.05, 4.69) is 5.32 Å². The van der Waals surface area contributed by atoms with Crippen molar-refractivity contribution in [1.82, 2.24) is 9.62 Å². The van der Waals surface area contributed by atoms with Crippen LogP contribution >= 0.6 is 12.4 Å². The first kappa shape index (κ1) is 20.9. The molecule has 0 radical (unpaired) electrons. The first-order chi connectivity index (χ1) is 10.9. The lowest BCUT2D eigenvalue weighted by Crippen LogP contribution is -2.46. The van der Waals surface area contributed by atoms with Crippen LogP contribution in [-0.4, -0.2) is 44.3 Å². The van der Waals surface area contributed by atoms with E-state index in [-0.39, 0.29) is 28.9 Å². The van der Waals surface area contributed by atoms with E-state index in [9.17, 15) is 13.2 Å². The maximum Gasteiger partial charge on any atom is 0.249 e. The number of primary amides is 1. The smallest absolute Gasteiger partial charge is 0.249 e. The lowest BCUT2D eigenvalue weighted by molar-refractivity contribution is 0.0999. The Labute approximate surface area is 150 Å². The number of amides is 1. The molecular formula is C16H26ClN3O3S. The number of hydrogen-bond donors (Lipinski definition) is 2. The van der Waals surface area contributed by atoms with Gasteiger partial charge in [-0.25, -0.2) is 8.42 Å². The van der Waals surface area contributed by atoms with Crippen molar-refractivity contribution in [2.45, 2.75) is 44.0 Å². The summed E-state index contributed by atoms with van der Waals surface area (Å²) >= 11 is 0. The average Bonchev–Trinajstić information content (AvgIpc) is 2.53. The van der Waals surface area contributed by atoms with Gasteiger partial charge in [-0.15, -0.1) is 12.4 Å². The normalized spacial score (nSPS) is 16.0. The summed E-state index contributed by atoms with van der Waals surface area (Å²) in [5.74, 6) is -0.608. The Kier molecular flexibility index (Phi) is 7.66. The van der Waals surface area contributed by atoms with Gasteiger partial charge in [-0.3, -0.25) is 4.79 Å². The van der Waals surface area contributed by atoms with Gasteiger partial charge in [0.2, 0.25) is 15.9 Å². The number of nitrogens with one attached hydrogen (secondary N) is 1. The fraction of sp³-hybridized carbons (Fsp3) is 0.562. The minimum atomic E-state index is -3.64. The highest BCUT2D eigenvalue weighted by atomic mass is 35.5. The summed E-state index contributed by atoms with van der Waals surface area (Å²) in [5, 5.41) is 3.25. The zero-order valence-corrected chi connectivity index (χ0v) is 15.8. The molecule has 1 saturated heterocycles. The van der Waals surface area contributed by atoms with Crippen LogP contribution in [0.2, 0.25) is 0 Å². The molecule has 1 heterocycles. The molecule has 0 unspecified atom stereocenters. The van der Waals surface area contributed by atoms with Crippen LogP contribution in [0.5, 0.6) is 0 Å². The molecule has 8 heteroatoms. The summed E-state index contributed by atoms with van der Waals surface area (Å²) < 4.78 is 27.7. The van der Waals surface area contributed by atoms with Gasteiger partial charge in [0.25, 0.3) is 0 Å². The highest BCUT2D eigenvalue weighted by Gasteiger charge is 2.32. The van der Waals surface area contributed by atoms with Crippen molar-refractivity contribution in [1.29, 1.82) is 0 Å². The maximum absolute atomic E-state index is 13.1. The minimum absolute atomic E-state index is 0. The van der Waals surface area contributed by atoms with Crippen LogP contribution in [0.3, 0.4) is 0 Å². The van der Waals surface area contributed by atoms with Crippen molar-refractivity contribution >= 4 is 28.3 Å². The first-order valence-electron chi connectivity index (χ1n) is 8.01. The van der Waals surface area contributed by atoms with Crippen molar-refractivity contribution in [3.63, 3.8) is 0 Å². The second-order valence-corrected chi connectivity index (χ2v) is 7.83. The zero-order chi connectivity index (χ0) is 17.0. The number of rotatable bonds is 6. The van der Waals surface area contributed by atoms with Gasteiger partial charge in [0.15, 0.2) is 0 Å². The Morgan fingerprint density at radius 2 is 1.96 bits per heavy atom. The van der Waals surface area contributed by atoms with Crippen molar-refractivity contribution in [2.24, 2.45) is 5.73 Å². The molecule has 0 aromatic heterocycles. The third kappa shape index (κ3) is 4.47. The minimum Gasteiger partial charge on any atom is -0.366 e. The topological polar surface area (TPSA) is 92.5 Å².